The summed E-state index contributed by atoms with van der Waals surface area (Å²) in [7, 11) is -0.316. The van der Waals surface area contributed by atoms with Crippen LogP contribution >= 0.6 is 11.3 Å². The molecule has 0 radical (unpaired) electrons. The molecule has 0 unspecified atom stereocenters. The Morgan fingerprint density at radius 3 is 2.55 bits per heavy atom. The van der Waals surface area contributed by atoms with Gasteiger partial charge in [0.1, 0.15) is 5.75 Å². The van der Waals surface area contributed by atoms with Crippen LogP contribution in [0, 0.1) is 0 Å². The second-order valence-corrected chi connectivity index (χ2v) is 16.8. The lowest BCUT2D eigenvalue weighted by Crippen LogP contribution is -2.44. The summed E-state index contributed by atoms with van der Waals surface area (Å²) in [4.78, 5) is 18.5. The number of fused-ring (bicyclic) bond motifs is 2. The van der Waals surface area contributed by atoms with Crippen LogP contribution in [0.5, 0.6) is 5.75 Å². The van der Waals surface area contributed by atoms with Gasteiger partial charge in [0, 0.05) is 34.6 Å². The van der Waals surface area contributed by atoms with Crippen molar-refractivity contribution in [2.45, 2.75) is 45.3 Å². The zero-order chi connectivity index (χ0) is 27.1. The maximum Gasteiger partial charge on any atom is 0.228 e. The van der Waals surface area contributed by atoms with E-state index >= 15 is 0 Å². The Hall–Kier alpha value is -3.46. The summed E-state index contributed by atoms with van der Waals surface area (Å²) in [6, 6.07) is 15.5. The lowest BCUT2D eigenvalue weighted by Gasteiger charge is -2.35. The highest BCUT2D eigenvalue weighted by Gasteiger charge is 2.38. The van der Waals surface area contributed by atoms with Crippen molar-refractivity contribution in [1.29, 1.82) is 0 Å². The number of hydrogen-bond donors (Lipinski definition) is 2. The minimum absolute atomic E-state index is 0.0338. The van der Waals surface area contributed by atoms with Gasteiger partial charge in [-0.25, -0.2) is 0 Å². The first-order chi connectivity index (χ1) is 18.1. The number of thiophene rings is 1. The lowest BCUT2D eigenvalue weighted by atomic mass is 10.1. The number of carbonyl (C=O) groups excluding carboxylic acids is 1. The molecule has 196 valence electrons. The van der Waals surface area contributed by atoms with E-state index in [2.05, 4.69) is 73.9 Å². The number of ether oxygens (including phenoxy) is 1. The predicted octanol–water partition coefficient (Wildman–Crippen LogP) is 7.70. The van der Waals surface area contributed by atoms with E-state index in [0.29, 0.717) is 10.4 Å². The molecule has 1 aliphatic carbocycles. The van der Waals surface area contributed by atoms with E-state index < -0.39 is 8.32 Å². The maximum atomic E-state index is 13.6. The topological polar surface area (TPSA) is 72.5 Å². The molecule has 5 rings (SSSR count). The number of hydroxylamine groups is 1. The Morgan fingerprint density at radius 2 is 1.84 bits per heavy atom. The third-order valence-electron chi connectivity index (χ3n) is 7.46. The van der Waals surface area contributed by atoms with Crippen LogP contribution in [-0.4, -0.2) is 26.2 Å². The normalized spacial score (nSPS) is 13.3. The molecule has 0 aliphatic heterocycles. The standard InChI is InChI=1S/C30H33N3O3SSi/c1-30(2,3)38(5,6)36-33-25-14-9-20-17-21(10-13-23(20)25)32-27-24-15-16-31-18-26(24)37-29(27)28(34)19-7-11-22(35-4)12-8-19/h7-8,10-18,32-33H,9H2,1-6H3. The van der Waals surface area contributed by atoms with E-state index in [9.17, 15) is 4.79 Å². The molecule has 0 saturated heterocycles. The minimum atomic E-state index is -1.93. The van der Waals surface area contributed by atoms with E-state index in [0.717, 1.165) is 44.9 Å². The van der Waals surface area contributed by atoms with Crippen LogP contribution in [0.1, 0.15) is 47.1 Å². The first kappa shape index (κ1) is 26.2. The van der Waals surface area contributed by atoms with Crippen LogP contribution in [0.15, 0.2) is 67.0 Å². The largest absolute Gasteiger partial charge is 0.497 e. The minimum Gasteiger partial charge on any atom is -0.497 e. The second kappa shape index (κ2) is 10.0. The molecule has 2 aromatic heterocycles. The van der Waals surface area contributed by atoms with Crippen molar-refractivity contribution < 1.29 is 14.1 Å². The van der Waals surface area contributed by atoms with E-state index in [-0.39, 0.29) is 10.8 Å². The van der Waals surface area contributed by atoms with Gasteiger partial charge in [0.15, 0.2) is 0 Å². The van der Waals surface area contributed by atoms with Crippen molar-refractivity contribution in [3.05, 3.63) is 88.6 Å². The fourth-order valence-corrected chi connectivity index (χ4v) is 5.87. The Morgan fingerprint density at radius 1 is 1.08 bits per heavy atom. The van der Waals surface area contributed by atoms with Crippen LogP contribution in [0.2, 0.25) is 18.1 Å². The van der Waals surface area contributed by atoms with Gasteiger partial charge in [-0.3, -0.25) is 15.3 Å². The summed E-state index contributed by atoms with van der Waals surface area (Å²) in [5.74, 6) is 0.684. The Bertz CT molecular complexity index is 1530. The number of anilines is 2. The molecule has 0 spiro atoms. The molecule has 0 amide bonds. The Balaban J connectivity index is 1.41. The molecule has 0 saturated carbocycles. The number of methoxy groups -OCH3 is 1. The summed E-state index contributed by atoms with van der Waals surface area (Å²) < 4.78 is 12.5. The fourth-order valence-electron chi connectivity index (χ4n) is 4.11. The number of allylic oxidation sites excluding steroid dienone is 1. The van der Waals surface area contributed by atoms with Crippen LogP contribution in [0.4, 0.5) is 11.4 Å². The maximum absolute atomic E-state index is 13.6. The third-order valence-corrected chi connectivity index (χ3v) is 12.8. The van der Waals surface area contributed by atoms with E-state index in [1.54, 1.807) is 25.4 Å². The summed E-state index contributed by atoms with van der Waals surface area (Å²) >= 11 is 1.45. The zero-order valence-corrected chi connectivity index (χ0v) is 24.5. The summed E-state index contributed by atoms with van der Waals surface area (Å²) in [6.45, 7) is 11.2. The van der Waals surface area contributed by atoms with Crippen molar-refractivity contribution >= 4 is 52.6 Å². The first-order valence-corrected chi connectivity index (χ1v) is 16.4. The predicted molar refractivity (Wildman–Crippen MR) is 159 cm³/mol. The van der Waals surface area contributed by atoms with Gasteiger partial charge >= 0.3 is 0 Å². The van der Waals surface area contributed by atoms with Gasteiger partial charge in [0.25, 0.3) is 0 Å². The van der Waals surface area contributed by atoms with Gasteiger partial charge in [-0.05, 0) is 72.6 Å². The third kappa shape index (κ3) is 4.99. The highest BCUT2D eigenvalue weighted by atomic mass is 32.1. The molecule has 38 heavy (non-hydrogen) atoms. The lowest BCUT2D eigenvalue weighted by molar-refractivity contribution is 0.104. The summed E-state index contributed by atoms with van der Waals surface area (Å²) in [6.07, 6.45) is 6.56. The van der Waals surface area contributed by atoms with E-state index in [4.69, 9.17) is 9.26 Å². The van der Waals surface area contributed by atoms with E-state index in [1.165, 1.54) is 16.9 Å². The Kier molecular flexibility index (Phi) is 6.89. The smallest absolute Gasteiger partial charge is 0.228 e. The van der Waals surface area contributed by atoms with Gasteiger partial charge in [-0.15, -0.1) is 11.3 Å². The molecule has 6 nitrogen and oxygen atoms in total. The molecule has 4 aromatic rings. The summed E-state index contributed by atoms with van der Waals surface area (Å²) in [5, 5.41) is 4.66. The second-order valence-electron chi connectivity index (χ2n) is 11.0. The van der Waals surface area contributed by atoms with Crippen LogP contribution in [-0.2, 0) is 10.9 Å². The molecule has 0 fully saturated rings. The molecular weight excluding hydrogens is 511 g/mol. The average Bonchev–Trinajstić information content (AvgIpc) is 3.47. The fraction of sp³-hybridized carbons (Fsp3) is 0.267. The quantitative estimate of drug-likeness (QED) is 0.135. The van der Waals surface area contributed by atoms with Gasteiger partial charge < -0.3 is 14.6 Å². The zero-order valence-electron chi connectivity index (χ0n) is 22.6. The number of rotatable bonds is 8. The number of aromatic nitrogens is 1. The number of benzene rings is 2. The molecule has 2 aromatic carbocycles. The van der Waals surface area contributed by atoms with Crippen LogP contribution in [0.3, 0.4) is 0 Å². The van der Waals surface area contributed by atoms with Crippen molar-refractivity contribution in [3.8, 4) is 5.75 Å². The monoisotopic (exact) mass is 543 g/mol. The number of hydrogen-bond acceptors (Lipinski definition) is 7. The number of nitrogens with zero attached hydrogens (tertiary/aromatic N) is 1. The van der Waals surface area contributed by atoms with Crippen LogP contribution in [0.25, 0.3) is 15.8 Å². The Labute approximate surface area is 228 Å². The SMILES string of the molecule is COc1ccc(C(=O)c2sc3cnccc3c2Nc2ccc3c(c2)CC=C3NO[Si](C)(C)C(C)(C)C)cc1. The molecule has 0 atom stereocenters. The first-order valence-electron chi connectivity index (χ1n) is 12.7. The van der Waals surface area contributed by atoms with Crippen molar-refractivity contribution in [1.82, 2.24) is 10.5 Å². The highest BCUT2D eigenvalue weighted by molar-refractivity contribution is 7.21. The molecular formula is C30H33N3O3SSi. The highest BCUT2D eigenvalue weighted by Crippen LogP contribution is 2.40. The van der Waals surface area contributed by atoms with E-state index in [1.807, 2.05) is 24.4 Å². The van der Waals surface area contributed by atoms with Crippen molar-refractivity contribution in [2.75, 3.05) is 12.4 Å². The number of nitrogens with one attached hydrogen (secondary N) is 2. The van der Waals surface area contributed by atoms with Gasteiger partial charge in [0.05, 0.1) is 28.1 Å². The number of pyridine rings is 1. The van der Waals surface area contributed by atoms with Gasteiger partial charge in [0.2, 0.25) is 14.1 Å². The van der Waals surface area contributed by atoms with Crippen molar-refractivity contribution in [3.63, 3.8) is 0 Å². The number of carbonyl (C=O) groups is 1. The average molecular weight is 544 g/mol. The molecule has 0 bridgehead atoms. The van der Waals surface area contributed by atoms with Crippen molar-refractivity contribution in [2.24, 2.45) is 0 Å². The molecule has 2 heterocycles. The van der Waals surface area contributed by atoms with Gasteiger partial charge in [-0.2, -0.15) is 0 Å². The molecule has 8 heteroatoms. The summed E-state index contributed by atoms with van der Waals surface area (Å²) in [5.41, 5.74) is 8.98. The molecule has 2 N–H and O–H groups in total. The van der Waals surface area contributed by atoms with Crippen LogP contribution < -0.4 is 15.5 Å². The molecule has 1 aliphatic rings. The number of ketones is 1. The van der Waals surface area contributed by atoms with Gasteiger partial charge in [-0.1, -0.05) is 32.9 Å².